The summed E-state index contributed by atoms with van der Waals surface area (Å²) in [6, 6.07) is 4.65. The van der Waals surface area contributed by atoms with Crippen LogP contribution in [-0.4, -0.2) is 33.8 Å². The fourth-order valence-electron chi connectivity index (χ4n) is 3.06. The first kappa shape index (κ1) is 15.6. The van der Waals surface area contributed by atoms with E-state index in [0.29, 0.717) is 16.7 Å². The van der Waals surface area contributed by atoms with Crippen molar-refractivity contribution in [1.29, 1.82) is 0 Å². The molecule has 1 N–H and O–H groups in total. The molecule has 3 aromatic rings. The number of thiazole rings is 1. The molecule has 0 spiro atoms. The Morgan fingerprint density at radius 2 is 2.36 bits per heavy atom. The van der Waals surface area contributed by atoms with Crippen LogP contribution in [0.5, 0.6) is 11.5 Å². The number of hydrogen-bond donors (Lipinski definition) is 1. The second-order valence-corrected chi connectivity index (χ2v) is 6.42. The highest BCUT2D eigenvalue weighted by Crippen LogP contribution is 2.39. The standard InChI is InChI=1S/C17H14N2O5S/c1-2-23-17(22)13-15(20)9-4-3-5-11-14(9)19(16(13)21)10(7-24-11)12-6-18-8-25-12/h3-6,8,10,20H,2,7H2,1H3. The number of hydrogen-bond acceptors (Lipinski definition) is 7. The van der Waals surface area contributed by atoms with Crippen LogP contribution in [0.25, 0.3) is 10.9 Å². The molecule has 1 unspecified atom stereocenters. The molecule has 2 aromatic heterocycles. The van der Waals surface area contributed by atoms with Crippen LogP contribution < -0.4 is 10.3 Å². The molecule has 8 heteroatoms. The molecule has 1 atom stereocenters. The average Bonchev–Trinajstić information content (AvgIpc) is 3.14. The Bertz CT molecular complexity index is 1030. The molecule has 1 aliphatic heterocycles. The third-order valence-corrected chi connectivity index (χ3v) is 5.01. The van der Waals surface area contributed by atoms with Gasteiger partial charge in [-0.15, -0.1) is 11.3 Å². The van der Waals surface area contributed by atoms with Crippen molar-refractivity contribution in [3.05, 3.63) is 50.7 Å². The van der Waals surface area contributed by atoms with Crippen molar-refractivity contribution < 1.29 is 19.4 Å². The van der Waals surface area contributed by atoms with Gasteiger partial charge in [0.05, 0.1) is 22.5 Å². The molecule has 0 aliphatic carbocycles. The average molecular weight is 358 g/mol. The number of para-hydroxylation sites is 1. The lowest BCUT2D eigenvalue weighted by Gasteiger charge is -2.28. The van der Waals surface area contributed by atoms with E-state index in [4.69, 9.17) is 9.47 Å². The number of aromatic hydroxyl groups is 1. The van der Waals surface area contributed by atoms with Gasteiger partial charge in [0.25, 0.3) is 5.56 Å². The molecule has 0 saturated heterocycles. The highest BCUT2D eigenvalue weighted by atomic mass is 32.1. The third-order valence-electron chi connectivity index (χ3n) is 4.13. The van der Waals surface area contributed by atoms with E-state index in [1.165, 1.54) is 15.9 Å². The van der Waals surface area contributed by atoms with Gasteiger partial charge in [-0.05, 0) is 19.1 Å². The number of rotatable bonds is 3. The summed E-state index contributed by atoms with van der Waals surface area (Å²) >= 11 is 1.40. The van der Waals surface area contributed by atoms with Crippen molar-refractivity contribution in [2.24, 2.45) is 0 Å². The molecule has 7 nitrogen and oxygen atoms in total. The van der Waals surface area contributed by atoms with Crippen LogP contribution >= 0.6 is 11.3 Å². The van der Waals surface area contributed by atoms with Gasteiger partial charge in [0.2, 0.25) is 0 Å². The monoisotopic (exact) mass is 358 g/mol. The molecule has 1 aromatic carbocycles. The third kappa shape index (κ3) is 2.29. The zero-order chi connectivity index (χ0) is 17.6. The molecule has 0 bridgehead atoms. The highest BCUT2D eigenvalue weighted by molar-refractivity contribution is 7.09. The zero-order valence-corrected chi connectivity index (χ0v) is 14.1. The first-order chi connectivity index (χ1) is 12.1. The Hall–Kier alpha value is -2.87. The molecule has 0 fully saturated rings. The van der Waals surface area contributed by atoms with Gasteiger partial charge >= 0.3 is 5.97 Å². The van der Waals surface area contributed by atoms with Crippen LogP contribution in [0.1, 0.15) is 28.2 Å². The van der Waals surface area contributed by atoms with Crippen LogP contribution in [0.2, 0.25) is 0 Å². The van der Waals surface area contributed by atoms with E-state index in [0.717, 1.165) is 4.88 Å². The minimum absolute atomic E-state index is 0.108. The van der Waals surface area contributed by atoms with Crippen LogP contribution in [0.4, 0.5) is 0 Å². The number of esters is 1. The molecular formula is C17H14N2O5S. The van der Waals surface area contributed by atoms with Crippen LogP contribution in [0.3, 0.4) is 0 Å². The summed E-state index contributed by atoms with van der Waals surface area (Å²) in [4.78, 5) is 30.2. The van der Waals surface area contributed by atoms with E-state index in [1.54, 1.807) is 36.8 Å². The molecule has 1 aliphatic rings. The minimum Gasteiger partial charge on any atom is -0.506 e. The number of benzene rings is 1. The molecule has 0 radical (unpaired) electrons. The van der Waals surface area contributed by atoms with E-state index in [-0.39, 0.29) is 24.5 Å². The summed E-state index contributed by atoms with van der Waals surface area (Å²) in [6.07, 6.45) is 1.67. The largest absolute Gasteiger partial charge is 0.506 e. The topological polar surface area (TPSA) is 90.7 Å². The maximum atomic E-state index is 13.1. The normalized spacial score (nSPS) is 15.8. The Morgan fingerprint density at radius 3 is 3.08 bits per heavy atom. The van der Waals surface area contributed by atoms with Gasteiger partial charge in [-0.25, -0.2) is 4.79 Å². The van der Waals surface area contributed by atoms with E-state index in [1.807, 2.05) is 0 Å². The van der Waals surface area contributed by atoms with Crippen molar-refractivity contribution in [2.45, 2.75) is 13.0 Å². The number of ether oxygens (including phenoxy) is 2. The lowest BCUT2D eigenvalue weighted by Crippen LogP contribution is -2.36. The predicted octanol–water partition coefficient (Wildman–Crippen LogP) is 2.32. The summed E-state index contributed by atoms with van der Waals surface area (Å²) in [5, 5.41) is 10.9. The summed E-state index contributed by atoms with van der Waals surface area (Å²) < 4.78 is 12.2. The van der Waals surface area contributed by atoms with Crippen LogP contribution in [0, 0.1) is 0 Å². The van der Waals surface area contributed by atoms with Crippen molar-refractivity contribution in [3.8, 4) is 11.5 Å². The molecule has 3 heterocycles. The van der Waals surface area contributed by atoms with Gasteiger partial charge < -0.3 is 14.6 Å². The highest BCUT2D eigenvalue weighted by Gasteiger charge is 2.32. The molecule has 128 valence electrons. The fourth-order valence-corrected chi connectivity index (χ4v) is 3.76. The molecular weight excluding hydrogens is 344 g/mol. The van der Waals surface area contributed by atoms with Crippen molar-refractivity contribution >= 4 is 28.2 Å². The Balaban J connectivity index is 2.09. The SMILES string of the molecule is CCOC(=O)c1c(O)c2cccc3c2n(c1=O)C(c1cncs1)CO3. The maximum absolute atomic E-state index is 13.1. The molecule has 0 amide bonds. The summed E-state index contributed by atoms with van der Waals surface area (Å²) in [6.45, 7) is 1.99. The minimum atomic E-state index is -0.837. The van der Waals surface area contributed by atoms with Crippen molar-refractivity contribution in [1.82, 2.24) is 9.55 Å². The molecule has 0 saturated carbocycles. The molecule has 4 rings (SSSR count). The zero-order valence-electron chi connectivity index (χ0n) is 13.3. The quantitative estimate of drug-likeness (QED) is 0.723. The van der Waals surface area contributed by atoms with Gasteiger partial charge in [0, 0.05) is 11.6 Å². The first-order valence-electron chi connectivity index (χ1n) is 7.72. The number of carbonyl (C=O) groups excluding carboxylic acids is 1. The number of carbonyl (C=O) groups is 1. The van der Waals surface area contributed by atoms with E-state index < -0.39 is 17.6 Å². The maximum Gasteiger partial charge on any atom is 0.347 e. The fraction of sp³-hybridized carbons (Fsp3) is 0.235. The van der Waals surface area contributed by atoms with E-state index in [2.05, 4.69) is 4.98 Å². The van der Waals surface area contributed by atoms with Gasteiger partial charge in [-0.3, -0.25) is 14.3 Å². The number of nitrogens with zero attached hydrogens (tertiary/aromatic N) is 2. The Kier molecular flexibility index (Phi) is 3.69. The van der Waals surface area contributed by atoms with Crippen molar-refractivity contribution in [2.75, 3.05) is 13.2 Å². The van der Waals surface area contributed by atoms with Gasteiger partial charge in [-0.1, -0.05) is 6.07 Å². The van der Waals surface area contributed by atoms with Crippen molar-refractivity contribution in [3.63, 3.8) is 0 Å². The number of aromatic nitrogens is 2. The first-order valence-corrected chi connectivity index (χ1v) is 8.60. The smallest absolute Gasteiger partial charge is 0.347 e. The van der Waals surface area contributed by atoms with Crippen LogP contribution in [0.15, 0.2) is 34.7 Å². The van der Waals surface area contributed by atoms with Gasteiger partial charge in [0.15, 0.2) is 5.56 Å². The lowest BCUT2D eigenvalue weighted by molar-refractivity contribution is 0.0520. The molecule has 25 heavy (non-hydrogen) atoms. The summed E-state index contributed by atoms with van der Waals surface area (Å²) in [5.74, 6) is -0.734. The second-order valence-electron chi connectivity index (χ2n) is 5.50. The van der Waals surface area contributed by atoms with Gasteiger partial charge in [-0.2, -0.15) is 0 Å². The summed E-state index contributed by atoms with van der Waals surface area (Å²) in [7, 11) is 0. The predicted molar refractivity (Wildman–Crippen MR) is 91.6 cm³/mol. The lowest BCUT2D eigenvalue weighted by atomic mass is 10.1. The van der Waals surface area contributed by atoms with E-state index >= 15 is 0 Å². The Morgan fingerprint density at radius 1 is 1.52 bits per heavy atom. The second kappa shape index (κ2) is 5.89. The van der Waals surface area contributed by atoms with Gasteiger partial charge in [0.1, 0.15) is 24.1 Å². The van der Waals surface area contributed by atoms with E-state index in [9.17, 15) is 14.7 Å². The Labute approximate surface area is 146 Å². The summed E-state index contributed by atoms with van der Waals surface area (Å²) in [5.41, 5.74) is 1.17. The number of pyridine rings is 1. The van der Waals surface area contributed by atoms with Crippen LogP contribution in [-0.2, 0) is 4.74 Å².